The van der Waals surface area contributed by atoms with Crippen LogP contribution in [0.15, 0.2) is 42.5 Å². The summed E-state index contributed by atoms with van der Waals surface area (Å²) >= 11 is 0. The molecule has 2 aromatic rings. The fraction of sp³-hybridized carbons (Fsp3) is 0.278. The predicted molar refractivity (Wildman–Crippen MR) is 83.3 cm³/mol. The van der Waals surface area contributed by atoms with Crippen molar-refractivity contribution in [1.82, 2.24) is 0 Å². The first-order valence-electron chi connectivity index (χ1n) is 7.21. The number of benzene rings is 2. The molecule has 0 saturated carbocycles. The van der Waals surface area contributed by atoms with E-state index in [1.54, 1.807) is 25.1 Å². The van der Waals surface area contributed by atoms with Gasteiger partial charge in [-0.3, -0.25) is 0 Å². The van der Waals surface area contributed by atoms with Crippen molar-refractivity contribution in [3.8, 4) is 11.5 Å². The number of hydrogen-bond acceptors (Lipinski definition) is 2. The molecule has 0 amide bonds. The minimum Gasteiger partial charge on any atom is -0.478 e. The van der Waals surface area contributed by atoms with E-state index in [1.807, 2.05) is 12.1 Å². The standard InChI is InChI=1S/C18H20O3/c1-3-4-6-14-9-11-15(12-10-14)21-17-8-5-7-16(13(17)2)18(19)20/h5,7-12H,3-4,6H2,1-2H3,(H,19,20). The van der Waals surface area contributed by atoms with Gasteiger partial charge in [-0.15, -0.1) is 0 Å². The monoisotopic (exact) mass is 284 g/mol. The third-order valence-corrected chi connectivity index (χ3v) is 3.48. The van der Waals surface area contributed by atoms with Crippen molar-refractivity contribution >= 4 is 5.97 Å². The summed E-state index contributed by atoms with van der Waals surface area (Å²) in [6.07, 6.45) is 3.43. The van der Waals surface area contributed by atoms with Crippen LogP contribution in [0.1, 0.15) is 41.3 Å². The molecule has 1 N–H and O–H groups in total. The van der Waals surface area contributed by atoms with Gasteiger partial charge in [0, 0.05) is 5.56 Å². The number of aryl methyl sites for hydroxylation is 1. The summed E-state index contributed by atoms with van der Waals surface area (Å²) in [6, 6.07) is 13.0. The average molecular weight is 284 g/mol. The first kappa shape index (κ1) is 15.1. The molecule has 0 fully saturated rings. The first-order valence-corrected chi connectivity index (χ1v) is 7.21. The van der Waals surface area contributed by atoms with Gasteiger partial charge in [0.15, 0.2) is 0 Å². The Morgan fingerprint density at radius 1 is 1.14 bits per heavy atom. The smallest absolute Gasteiger partial charge is 0.336 e. The normalized spacial score (nSPS) is 10.4. The van der Waals surface area contributed by atoms with Gasteiger partial charge in [0.05, 0.1) is 5.56 Å². The van der Waals surface area contributed by atoms with Gasteiger partial charge in [-0.1, -0.05) is 31.5 Å². The minimum atomic E-state index is -0.937. The van der Waals surface area contributed by atoms with Crippen molar-refractivity contribution in [2.75, 3.05) is 0 Å². The maximum Gasteiger partial charge on any atom is 0.336 e. The third kappa shape index (κ3) is 3.85. The van der Waals surface area contributed by atoms with Gasteiger partial charge >= 0.3 is 5.97 Å². The van der Waals surface area contributed by atoms with Crippen LogP contribution in [0.25, 0.3) is 0 Å². The second-order valence-electron chi connectivity index (χ2n) is 5.08. The Bertz CT molecular complexity index is 615. The summed E-state index contributed by atoms with van der Waals surface area (Å²) in [6.45, 7) is 3.93. The SMILES string of the molecule is CCCCc1ccc(Oc2cccc(C(=O)O)c2C)cc1. The molecule has 2 aromatic carbocycles. The lowest BCUT2D eigenvalue weighted by atomic mass is 10.1. The van der Waals surface area contributed by atoms with E-state index >= 15 is 0 Å². The fourth-order valence-electron chi connectivity index (χ4n) is 2.19. The molecule has 0 aliphatic rings. The third-order valence-electron chi connectivity index (χ3n) is 3.48. The minimum absolute atomic E-state index is 0.270. The molecule has 0 spiro atoms. The Kier molecular flexibility index (Phi) is 4.99. The molecule has 3 nitrogen and oxygen atoms in total. The second-order valence-corrected chi connectivity index (χ2v) is 5.08. The maximum absolute atomic E-state index is 11.1. The van der Waals surface area contributed by atoms with Crippen LogP contribution in [0.5, 0.6) is 11.5 Å². The molecule has 21 heavy (non-hydrogen) atoms. The molecule has 3 heteroatoms. The molecule has 0 bridgehead atoms. The van der Waals surface area contributed by atoms with Gasteiger partial charge in [-0.25, -0.2) is 4.79 Å². The van der Waals surface area contributed by atoms with Crippen molar-refractivity contribution in [2.24, 2.45) is 0 Å². The number of ether oxygens (including phenoxy) is 1. The Morgan fingerprint density at radius 3 is 2.48 bits per heavy atom. The zero-order valence-electron chi connectivity index (χ0n) is 12.4. The summed E-state index contributed by atoms with van der Waals surface area (Å²) in [5.41, 5.74) is 2.20. The van der Waals surface area contributed by atoms with E-state index in [2.05, 4.69) is 19.1 Å². The highest BCUT2D eigenvalue weighted by Crippen LogP contribution is 2.27. The lowest BCUT2D eigenvalue weighted by molar-refractivity contribution is 0.0695. The highest BCUT2D eigenvalue weighted by molar-refractivity contribution is 5.90. The molecule has 0 aromatic heterocycles. The van der Waals surface area contributed by atoms with Gasteiger partial charge in [0.25, 0.3) is 0 Å². The van der Waals surface area contributed by atoms with E-state index in [9.17, 15) is 4.79 Å². The molecule has 0 heterocycles. The Labute approximate surface area is 125 Å². The Morgan fingerprint density at radius 2 is 1.86 bits per heavy atom. The van der Waals surface area contributed by atoms with Crippen molar-refractivity contribution in [3.05, 3.63) is 59.2 Å². The molecule has 0 aliphatic carbocycles. The average Bonchev–Trinajstić information content (AvgIpc) is 2.48. The van der Waals surface area contributed by atoms with Gasteiger partial charge in [-0.2, -0.15) is 0 Å². The number of rotatable bonds is 6. The van der Waals surface area contributed by atoms with Gasteiger partial charge < -0.3 is 9.84 Å². The van der Waals surface area contributed by atoms with Crippen molar-refractivity contribution in [3.63, 3.8) is 0 Å². The van der Waals surface area contributed by atoms with Crippen molar-refractivity contribution < 1.29 is 14.6 Å². The number of carbonyl (C=O) groups is 1. The molecule has 110 valence electrons. The lowest BCUT2D eigenvalue weighted by Crippen LogP contribution is -2.00. The van der Waals surface area contributed by atoms with E-state index in [-0.39, 0.29) is 5.56 Å². The molecule has 0 unspecified atom stereocenters. The summed E-state index contributed by atoms with van der Waals surface area (Å²) in [7, 11) is 0. The van der Waals surface area contributed by atoms with Crippen molar-refractivity contribution in [2.45, 2.75) is 33.1 Å². The quantitative estimate of drug-likeness (QED) is 0.826. The van der Waals surface area contributed by atoms with Crippen molar-refractivity contribution in [1.29, 1.82) is 0 Å². The van der Waals surface area contributed by atoms with Crippen LogP contribution in [0.4, 0.5) is 0 Å². The summed E-state index contributed by atoms with van der Waals surface area (Å²) < 4.78 is 5.80. The van der Waals surface area contributed by atoms with Crippen LogP contribution in [-0.2, 0) is 6.42 Å². The Hall–Kier alpha value is -2.29. The van der Waals surface area contributed by atoms with Crippen LogP contribution in [0.3, 0.4) is 0 Å². The van der Waals surface area contributed by atoms with E-state index in [4.69, 9.17) is 9.84 Å². The zero-order valence-corrected chi connectivity index (χ0v) is 12.4. The highest BCUT2D eigenvalue weighted by atomic mass is 16.5. The molecular formula is C18H20O3. The molecule has 0 aliphatic heterocycles. The maximum atomic E-state index is 11.1. The first-order chi connectivity index (χ1) is 10.1. The van der Waals surface area contributed by atoms with Crippen LogP contribution in [0, 0.1) is 6.92 Å². The number of unbranched alkanes of at least 4 members (excludes halogenated alkanes) is 1. The second kappa shape index (κ2) is 6.93. The number of hydrogen-bond donors (Lipinski definition) is 1. The van der Waals surface area contributed by atoms with Crippen LogP contribution >= 0.6 is 0 Å². The fourth-order valence-corrected chi connectivity index (χ4v) is 2.19. The van der Waals surface area contributed by atoms with E-state index in [1.165, 1.54) is 18.4 Å². The topological polar surface area (TPSA) is 46.5 Å². The Balaban J connectivity index is 2.15. The molecule has 2 rings (SSSR count). The largest absolute Gasteiger partial charge is 0.478 e. The number of carboxylic acid groups (broad SMARTS) is 1. The van der Waals surface area contributed by atoms with Gasteiger partial charge in [0.1, 0.15) is 11.5 Å². The van der Waals surface area contributed by atoms with Gasteiger partial charge in [0.2, 0.25) is 0 Å². The summed E-state index contributed by atoms with van der Waals surface area (Å²) in [5.74, 6) is 0.366. The van der Waals surface area contributed by atoms with Crippen LogP contribution < -0.4 is 4.74 Å². The summed E-state index contributed by atoms with van der Waals surface area (Å²) in [4.78, 5) is 11.1. The van der Waals surface area contributed by atoms with Crippen LogP contribution in [-0.4, -0.2) is 11.1 Å². The summed E-state index contributed by atoms with van der Waals surface area (Å²) in [5, 5.41) is 9.12. The molecule has 0 saturated heterocycles. The van der Waals surface area contributed by atoms with E-state index < -0.39 is 5.97 Å². The van der Waals surface area contributed by atoms with E-state index in [0.717, 1.165) is 12.2 Å². The van der Waals surface area contributed by atoms with Crippen LogP contribution in [0.2, 0.25) is 0 Å². The van der Waals surface area contributed by atoms with Gasteiger partial charge in [-0.05, 0) is 49.6 Å². The predicted octanol–water partition coefficient (Wildman–Crippen LogP) is 4.83. The lowest BCUT2D eigenvalue weighted by Gasteiger charge is -2.11. The highest BCUT2D eigenvalue weighted by Gasteiger charge is 2.11. The molecule has 0 atom stereocenters. The number of carboxylic acids is 1. The molecular weight excluding hydrogens is 264 g/mol. The molecule has 0 radical (unpaired) electrons. The van der Waals surface area contributed by atoms with E-state index in [0.29, 0.717) is 11.3 Å². The zero-order chi connectivity index (χ0) is 15.2. The number of aromatic carboxylic acids is 1.